The molecule has 2 heterocycles. The summed E-state index contributed by atoms with van der Waals surface area (Å²) in [6.45, 7) is 3.91. The van der Waals surface area contributed by atoms with Gasteiger partial charge in [0.25, 0.3) is 0 Å². The third-order valence-electron chi connectivity index (χ3n) is 3.68. The van der Waals surface area contributed by atoms with Gasteiger partial charge in [0.15, 0.2) is 0 Å². The van der Waals surface area contributed by atoms with Crippen LogP contribution in [0.15, 0.2) is 4.52 Å². The Hall–Kier alpha value is -0.980. The van der Waals surface area contributed by atoms with Crippen molar-refractivity contribution >= 4 is 0 Å². The zero-order valence-electron chi connectivity index (χ0n) is 11.0. The van der Waals surface area contributed by atoms with E-state index < -0.39 is 0 Å². The van der Waals surface area contributed by atoms with Crippen molar-refractivity contribution in [1.29, 1.82) is 0 Å². The van der Waals surface area contributed by atoms with Crippen LogP contribution in [0.4, 0.5) is 0 Å². The molecular formula is C12H21N3O3. The molecule has 1 unspecified atom stereocenters. The highest BCUT2D eigenvalue weighted by Crippen LogP contribution is 2.33. The summed E-state index contributed by atoms with van der Waals surface area (Å²) in [5.41, 5.74) is 5.68. The van der Waals surface area contributed by atoms with Crippen molar-refractivity contribution in [3.63, 3.8) is 0 Å². The van der Waals surface area contributed by atoms with E-state index in [4.69, 9.17) is 19.7 Å². The van der Waals surface area contributed by atoms with Crippen molar-refractivity contribution < 1.29 is 14.0 Å². The minimum absolute atomic E-state index is 0.114. The SMILES string of the molecule is CCC(OC)c1noc(C2(CN)CCOCC2)n1. The predicted octanol–water partition coefficient (Wildman–Crippen LogP) is 1.17. The van der Waals surface area contributed by atoms with Gasteiger partial charge in [-0.15, -0.1) is 0 Å². The number of rotatable bonds is 5. The molecule has 102 valence electrons. The van der Waals surface area contributed by atoms with E-state index >= 15 is 0 Å². The Kier molecular flexibility index (Phi) is 4.31. The van der Waals surface area contributed by atoms with Crippen LogP contribution in [0, 0.1) is 0 Å². The quantitative estimate of drug-likeness (QED) is 0.850. The average Bonchev–Trinajstić information content (AvgIpc) is 2.91. The van der Waals surface area contributed by atoms with Crippen LogP contribution in [-0.2, 0) is 14.9 Å². The molecule has 0 saturated carbocycles. The first-order chi connectivity index (χ1) is 8.75. The van der Waals surface area contributed by atoms with Gasteiger partial charge in [-0.25, -0.2) is 0 Å². The van der Waals surface area contributed by atoms with Crippen LogP contribution in [-0.4, -0.2) is 37.0 Å². The lowest BCUT2D eigenvalue weighted by Crippen LogP contribution is -2.41. The summed E-state index contributed by atoms with van der Waals surface area (Å²) in [5, 5.41) is 4.02. The Bertz CT molecular complexity index is 370. The van der Waals surface area contributed by atoms with Gasteiger partial charge < -0.3 is 19.7 Å². The van der Waals surface area contributed by atoms with Gasteiger partial charge >= 0.3 is 0 Å². The molecule has 0 aliphatic carbocycles. The summed E-state index contributed by atoms with van der Waals surface area (Å²) in [6, 6.07) is 0. The third kappa shape index (κ3) is 2.41. The molecule has 1 aromatic heterocycles. The van der Waals surface area contributed by atoms with Crippen LogP contribution in [0.3, 0.4) is 0 Å². The number of ether oxygens (including phenoxy) is 2. The summed E-state index contributed by atoms with van der Waals surface area (Å²) in [4.78, 5) is 4.48. The van der Waals surface area contributed by atoms with Crippen molar-refractivity contribution in [1.82, 2.24) is 10.1 Å². The van der Waals surface area contributed by atoms with Crippen LogP contribution in [0.1, 0.15) is 44.0 Å². The lowest BCUT2D eigenvalue weighted by Gasteiger charge is -2.32. The van der Waals surface area contributed by atoms with Crippen molar-refractivity contribution in [3.8, 4) is 0 Å². The second-order valence-electron chi connectivity index (χ2n) is 4.69. The summed E-state index contributed by atoms with van der Waals surface area (Å²) in [6.07, 6.45) is 2.36. The average molecular weight is 255 g/mol. The van der Waals surface area contributed by atoms with Gasteiger partial charge in [0, 0.05) is 26.9 Å². The second-order valence-corrected chi connectivity index (χ2v) is 4.69. The first-order valence-electron chi connectivity index (χ1n) is 6.40. The molecule has 0 spiro atoms. The highest BCUT2D eigenvalue weighted by molar-refractivity contribution is 5.08. The normalized spacial score (nSPS) is 20.8. The molecule has 0 amide bonds. The lowest BCUT2D eigenvalue weighted by molar-refractivity contribution is 0.0408. The molecule has 1 fully saturated rings. The fourth-order valence-electron chi connectivity index (χ4n) is 2.30. The molecule has 1 atom stereocenters. The number of nitrogens with zero attached hydrogens (tertiary/aromatic N) is 2. The molecule has 0 bridgehead atoms. The molecule has 1 aliphatic heterocycles. The van der Waals surface area contributed by atoms with Crippen molar-refractivity contribution in [2.75, 3.05) is 26.9 Å². The van der Waals surface area contributed by atoms with Gasteiger partial charge in [-0.05, 0) is 19.3 Å². The first kappa shape index (κ1) is 13.5. The minimum Gasteiger partial charge on any atom is -0.381 e. The molecule has 1 saturated heterocycles. The second kappa shape index (κ2) is 5.77. The molecule has 1 aliphatic rings. The van der Waals surface area contributed by atoms with E-state index in [1.807, 2.05) is 6.92 Å². The third-order valence-corrected chi connectivity index (χ3v) is 3.68. The van der Waals surface area contributed by atoms with Crippen LogP contribution < -0.4 is 5.73 Å². The largest absolute Gasteiger partial charge is 0.381 e. The van der Waals surface area contributed by atoms with Gasteiger partial charge in [0.05, 0.1) is 5.41 Å². The van der Waals surface area contributed by atoms with Crippen LogP contribution in [0.5, 0.6) is 0 Å². The van der Waals surface area contributed by atoms with Crippen molar-refractivity contribution in [3.05, 3.63) is 11.7 Å². The summed E-state index contributed by atoms with van der Waals surface area (Å²) < 4.78 is 16.1. The van der Waals surface area contributed by atoms with Crippen LogP contribution in [0.25, 0.3) is 0 Å². The van der Waals surface area contributed by atoms with Crippen LogP contribution >= 0.6 is 0 Å². The lowest BCUT2D eigenvalue weighted by atomic mass is 9.80. The number of methoxy groups -OCH3 is 1. The molecule has 1 aromatic rings. The molecular weight excluding hydrogens is 234 g/mol. The Morgan fingerprint density at radius 3 is 2.72 bits per heavy atom. The van der Waals surface area contributed by atoms with Crippen LogP contribution in [0.2, 0.25) is 0 Å². The van der Waals surface area contributed by atoms with Gasteiger partial charge in [0.1, 0.15) is 6.10 Å². The topological polar surface area (TPSA) is 83.4 Å². The molecule has 0 radical (unpaired) electrons. The smallest absolute Gasteiger partial charge is 0.234 e. The highest BCUT2D eigenvalue weighted by atomic mass is 16.5. The molecule has 18 heavy (non-hydrogen) atoms. The molecule has 6 heteroatoms. The van der Waals surface area contributed by atoms with Gasteiger partial charge in [-0.2, -0.15) is 4.98 Å². The molecule has 6 nitrogen and oxygen atoms in total. The van der Waals surface area contributed by atoms with Crippen molar-refractivity contribution in [2.45, 2.75) is 37.7 Å². The summed E-state index contributed by atoms with van der Waals surface area (Å²) in [5.74, 6) is 1.23. The maximum atomic E-state index is 5.91. The summed E-state index contributed by atoms with van der Waals surface area (Å²) in [7, 11) is 1.65. The van der Waals surface area contributed by atoms with E-state index in [0.717, 1.165) is 19.3 Å². The maximum absolute atomic E-state index is 5.91. The number of hydrogen-bond donors (Lipinski definition) is 1. The minimum atomic E-state index is -0.227. The van der Waals surface area contributed by atoms with E-state index in [1.165, 1.54) is 0 Å². The van der Waals surface area contributed by atoms with Crippen molar-refractivity contribution in [2.24, 2.45) is 5.73 Å². The number of nitrogens with two attached hydrogens (primary N) is 1. The van der Waals surface area contributed by atoms with E-state index in [-0.39, 0.29) is 11.5 Å². The van der Waals surface area contributed by atoms with E-state index in [1.54, 1.807) is 7.11 Å². The maximum Gasteiger partial charge on any atom is 0.234 e. The van der Waals surface area contributed by atoms with E-state index in [2.05, 4.69) is 10.1 Å². The zero-order chi connectivity index (χ0) is 13.0. The predicted molar refractivity (Wildman–Crippen MR) is 65.1 cm³/mol. The van der Waals surface area contributed by atoms with E-state index in [9.17, 15) is 0 Å². The fraction of sp³-hybridized carbons (Fsp3) is 0.833. The summed E-state index contributed by atoms with van der Waals surface area (Å²) >= 11 is 0. The fourth-order valence-corrected chi connectivity index (χ4v) is 2.30. The molecule has 2 rings (SSSR count). The zero-order valence-corrected chi connectivity index (χ0v) is 11.0. The Balaban J connectivity index is 2.21. The van der Waals surface area contributed by atoms with Gasteiger partial charge in [-0.1, -0.05) is 12.1 Å². The Labute approximate surface area is 107 Å². The molecule has 0 aromatic carbocycles. The standard InChI is InChI=1S/C12H21N3O3/c1-3-9(16-2)10-14-11(18-15-10)12(8-13)4-6-17-7-5-12/h9H,3-8,13H2,1-2H3. The number of hydrogen-bond acceptors (Lipinski definition) is 6. The van der Waals surface area contributed by atoms with Gasteiger partial charge in [0.2, 0.25) is 11.7 Å². The Morgan fingerprint density at radius 2 is 2.17 bits per heavy atom. The van der Waals surface area contributed by atoms with E-state index in [0.29, 0.717) is 31.5 Å². The van der Waals surface area contributed by atoms with Gasteiger partial charge in [-0.3, -0.25) is 0 Å². The number of aromatic nitrogens is 2. The monoisotopic (exact) mass is 255 g/mol. The molecule has 2 N–H and O–H groups in total. The Morgan fingerprint density at radius 1 is 1.44 bits per heavy atom. The first-order valence-corrected chi connectivity index (χ1v) is 6.40. The highest BCUT2D eigenvalue weighted by Gasteiger charge is 2.39.